The van der Waals surface area contributed by atoms with Gasteiger partial charge in [0.1, 0.15) is 0 Å². The Labute approximate surface area is 90.0 Å². The molecular weight excluding hydrogens is 391 g/mol. The minimum absolute atomic E-state index is 0. The molecule has 0 saturated heterocycles. The standard InChI is InChI=1S/Bi.5H2O.2V.3H/h;5*1H2;;;;;. The second kappa shape index (κ2) is 159. The van der Waals surface area contributed by atoms with Gasteiger partial charge in [-0.1, -0.05) is 0 Å². The summed E-state index contributed by atoms with van der Waals surface area (Å²) in [5.41, 5.74) is 0. The zero-order valence-corrected chi connectivity index (χ0v) is 12.4. The van der Waals surface area contributed by atoms with Crippen LogP contribution in [-0.4, -0.2) is 53.6 Å². The van der Waals surface area contributed by atoms with Gasteiger partial charge < -0.3 is 27.4 Å². The van der Waals surface area contributed by atoms with Crippen molar-refractivity contribution in [3.8, 4) is 0 Å². The van der Waals surface area contributed by atoms with E-state index in [1.165, 1.54) is 0 Å². The van der Waals surface area contributed by atoms with Gasteiger partial charge in [0.25, 0.3) is 0 Å². The van der Waals surface area contributed by atoms with Crippen molar-refractivity contribution in [2.75, 3.05) is 0 Å². The van der Waals surface area contributed by atoms with Crippen LogP contribution in [0.1, 0.15) is 0 Å². The molecule has 0 heterocycles. The van der Waals surface area contributed by atoms with E-state index in [2.05, 4.69) is 0 Å². The maximum atomic E-state index is 0. The third-order valence-corrected chi connectivity index (χ3v) is 0. The summed E-state index contributed by atoms with van der Waals surface area (Å²) in [6.07, 6.45) is 0. The smallest absolute Gasteiger partial charge is 0 e. The van der Waals surface area contributed by atoms with Gasteiger partial charge in [0, 0.05) is 37.1 Å². The van der Waals surface area contributed by atoms with Gasteiger partial charge in [-0.15, -0.1) is 0 Å². The van der Waals surface area contributed by atoms with Crippen molar-refractivity contribution in [1.82, 2.24) is 0 Å². The van der Waals surface area contributed by atoms with Gasteiger partial charge in [0.05, 0.1) is 0 Å². The normalized spacial score (nSPS) is 0. The van der Waals surface area contributed by atoms with Gasteiger partial charge in [0.15, 0.2) is 0 Å². The maximum absolute atomic E-state index is 0. The molecule has 0 aliphatic heterocycles. The first-order valence-electron chi connectivity index (χ1n) is 0. The largest absolute Gasteiger partial charge is 0 e. The van der Waals surface area contributed by atoms with E-state index in [1.807, 2.05) is 0 Å². The van der Waals surface area contributed by atoms with Crippen molar-refractivity contribution < 1.29 is 64.5 Å². The monoisotopic (exact) mass is 404 g/mol. The molecule has 0 amide bonds. The van der Waals surface area contributed by atoms with Gasteiger partial charge in [-0.3, -0.25) is 0 Å². The van der Waals surface area contributed by atoms with Crippen molar-refractivity contribution in [2.45, 2.75) is 0 Å². The molecule has 0 atom stereocenters. The third kappa shape index (κ3) is 107. The summed E-state index contributed by atoms with van der Waals surface area (Å²) in [7, 11) is 0. The average Bonchev–Trinajstić information content (AvgIpc) is 0. The van der Waals surface area contributed by atoms with E-state index in [1.54, 1.807) is 0 Å². The van der Waals surface area contributed by atoms with Crippen LogP contribution in [0.2, 0.25) is 0 Å². The van der Waals surface area contributed by atoms with E-state index >= 15 is 0 Å². The summed E-state index contributed by atoms with van der Waals surface area (Å²) in [6, 6.07) is 0. The van der Waals surface area contributed by atoms with Crippen LogP contribution in [0.3, 0.4) is 0 Å². The third-order valence-electron chi connectivity index (χ3n) is 0. The Balaban J connectivity index is 0. The topological polar surface area (TPSA) is 158 Å². The van der Waals surface area contributed by atoms with E-state index in [-0.39, 0.29) is 90.7 Å². The van der Waals surface area contributed by atoms with Gasteiger partial charge in [0.2, 0.25) is 0 Å². The second-order valence-corrected chi connectivity index (χ2v) is 0. The number of rotatable bonds is 0. The van der Waals surface area contributed by atoms with Crippen molar-refractivity contribution in [2.24, 2.45) is 0 Å². The van der Waals surface area contributed by atoms with Crippen LogP contribution in [-0.2, 0) is 37.1 Å². The van der Waals surface area contributed by atoms with Crippen LogP contribution in [0.15, 0.2) is 0 Å². The Hall–Kier alpha value is 1.85. The predicted molar refractivity (Wildman–Crippen MR) is 28.0 cm³/mol. The molecule has 2 radical (unpaired) electrons. The van der Waals surface area contributed by atoms with Gasteiger partial charge in [-0.05, 0) is 0 Å². The molecule has 0 bridgehead atoms. The number of hydrogen-bond acceptors (Lipinski definition) is 0. The molecule has 58 valence electrons. The van der Waals surface area contributed by atoms with E-state index < -0.39 is 0 Å². The Morgan fingerprint density at radius 1 is 0.375 bits per heavy atom. The molecule has 0 saturated carbocycles. The van der Waals surface area contributed by atoms with Gasteiger partial charge in [-0.2, -0.15) is 0 Å². The van der Waals surface area contributed by atoms with Gasteiger partial charge in [-0.25, -0.2) is 0 Å². The molecule has 0 aromatic heterocycles. The molecule has 0 unspecified atom stereocenters. The summed E-state index contributed by atoms with van der Waals surface area (Å²) in [5, 5.41) is 0. The van der Waals surface area contributed by atoms with E-state index in [0.29, 0.717) is 0 Å². The second-order valence-electron chi connectivity index (χ2n) is 0. The van der Waals surface area contributed by atoms with Crippen molar-refractivity contribution >= 4 is 26.2 Å². The SMILES string of the molecule is O.O.O.O.O.[BiH3].[V].[V]. The summed E-state index contributed by atoms with van der Waals surface area (Å²) >= 11 is 0. The molecule has 8 heavy (non-hydrogen) atoms. The summed E-state index contributed by atoms with van der Waals surface area (Å²) in [4.78, 5) is 0. The molecule has 0 aliphatic carbocycles. The summed E-state index contributed by atoms with van der Waals surface area (Å²) in [5.74, 6) is 0. The van der Waals surface area contributed by atoms with Crippen LogP contribution < -0.4 is 0 Å². The van der Waals surface area contributed by atoms with Crippen molar-refractivity contribution in [3.05, 3.63) is 0 Å². The fourth-order valence-electron chi connectivity index (χ4n) is 0. The Morgan fingerprint density at radius 2 is 0.375 bits per heavy atom. The summed E-state index contributed by atoms with van der Waals surface area (Å²) in [6.45, 7) is 0. The Morgan fingerprint density at radius 3 is 0.375 bits per heavy atom. The molecule has 0 aliphatic rings. The van der Waals surface area contributed by atoms with Crippen molar-refractivity contribution in [1.29, 1.82) is 0 Å². The zero-order valence-electron chi connectivity index (χ0n) is 4.10. The van der Waals surface area contributed by atoms with Crippen LogP contribution in [0.4, 0.5) is 0 Å². The Kier molecular flexibility index (Phi) is 4480. The molecule has 0 fully saturated rings. The van der Waals surface area contributed by atoms with Crippen molar-refractivity contribution in [3.63, 3.8) is 0 Å². The molecule has 0 aromatic rings. The fourth-order valence-corrected chi connectivity index (χ4v) is 0. The first-order valence-corrected chi connectivity index (χ1v) is 0. The molecular formula is H13BiO5V2. The molecule has 0 spiro atoms. The summed E-state index contributed by atoms with van der Waals surface area (Å²) < 4.78 is 0. The van der Waals surface area contributed by atoms with Crippen LogP contribution >= 0.6 is 0 Å². The average molecular weight is 404 g/mol. The van der Waals surface area contributed by atoms with E-state index in [9.17, 15) is 0 Å². The van der Waals surface area contributed by atoms with Crippen LogP contribution in [0.5, 0.6) is 0 Å². The van der Waals surface area contributed by atoms with Crippen LogP contribution in [0.25, 0.3) is 0 Å². The molecule has 8 heteroatoms. The van der Waals surface area contributed by atoms with Gasteiger partial charge >= 0.3 is 26.2 Å². The quantitative estimate of drug-likeness (QED) is 0.354. The fraction of sp³-hybridized carbons (Fsp3) is 0. The molecule has 5 nitrogen and oxygen atoms in total. The maximum Gasteiger partial charge on any atom is 0 e. The minimum Gasteiger partial charge on any atom is 0 e. The predicted octanol–water partition coefficient (Wildman–Crippen LogP) is -5.31. The first kappa shape index (κ1) is 225. The number of hydrogen-bond donors (Lipinski definition) is 0. The van der Waals surface area contributed by atoms with E-state index in [4.69, 9.17) is 0 Å². The molecule has 10 N–H and O–H groups in total. The van der Waals surface area contributed by atoms with E-state index in [0.717, 1.165) is 0 Å². The zero-order chi connectivity index (χ0) is 0. The minimum atomic E-state index is 0. The first-order chi connectivity index (χ1) is 0. The molecule has 0 aromatic carbocycles. The molecule has 0 rings (SSSR count). The van der Waals surface area contributed by atoms with Crippen LogP contribution in [0, 0.1) is 0 Å². The Bertz CT molecular complexity index is 10.4.